The zero-order valence-corrected chi connectivity index (χ0v) is 9.53. The largest absolute Gasteiger partial charge is 0.469 e. The number of nitrogen functional groups attached to an aromatic ring is 1. The van der Waals surface area contributed by atoms with Crippen molar-refractivity contribution < 1.29 is 18.3 Å². The van der Waals surface area contributed by atoms with E-state index >= 15 is 0 Å². The summed E-state index contributed by atoms with van der Waals surface area (Å²) in [5.41, 5.74) is 4.61. The number of rotatable bonds is 2. The number of esters is 1. The maximum absolute atomic E-state index is 13.7. The van der Waals surface area contributed by atoms with Crippen molar-refractivity contribution in [2.45, 2.75) is 6.42 Å². The second-order valence-corrected chi connectivity index (χ2v) is 3.69. The van der Waals surface area contributed by atoms with Crippen LogP contribution >= 0.6 is 0 Å². The molecule has 1 aromatic heterocycles. The summed E-state index contributed by atoms with van der Waals surface area (Å²) < 4.78 is 23.0. The van der Waals surface area contributed by atoms with Gasteiger partial charge in [-0.2, -0.15) is 0 Å². The Morgan fingerprint density at radius 2 is 2.22 bits per heavy atom. The van der Waals surface area contributed by atoms with Crippen molar-refractivity contribution in [3.8, 4) is 0 Å². The van der Waals surface area contributed by atoms with Crippen molar-refractivity contribution in [2.24, 2.45) is 0 Å². The monoisotopic (exact) mass is 251 g/mol. The molecule has 0 aliphatic carbocycles. The molecule has 0 fully saturated rings. The minimum Gasteiger partial charge on any atom is -0.469 e. The van der Waals surface area contributed by atoms with E-state index in [1.807, 2.05) is 0 Å². The second-order valence-electron chi connectivity index (χ2n) is 3.69. The van der Waals surface area contributed by atoms with Gasteiger partial charge in [0.05, 0.1) is 19.2 Å². The number of carbonyl (C=O) groups excluding carboxylic acids is 1. The van der Waals surface area contributed by atoms with E-state index in [1.54, 1.807) is 0 Å². The van der Waals surface area contributed by atoms with Crippen molar-refractivity contribution in [1.82, 2.24) is 0 Å². The number of carbonyl (C=O) groups is 1. The molecule has 0 atom stereocenters. The molecular weight excluding hydrogens is 241 g/mol. The molecule has 0 aliphatic rings. The van der Waals surface area contributed by atoms with Crippen molar-refractivity contribution >= 4 is 22.6 Å². The van der Waals surface area contributed by atoms with Crippen LogP contribution in [0, 0.1) is 5.82 Å². The van der Waals surface area contributed by atoms with Crippen molar-refractivity contribution in [3.63, 3.8) is 0 Å². The number of hydrogen-bond acceptors (Lipinski definition) is 5. The standard InChI is InChI=1S/C12H10FNO4/c1-17-9(15)4-6-5-10(16)18-12-7(6)2-3-8(14)11(12)13/h2-3,5H,4,14H2,1H3. The highest BCUT2D eigenvalue weighted by Gasteiger charge is 2.14. The quantitative estimate of drug-likeness (QED) is 0.493. The number of fused-ring (bicyclic) bond motifs is 1. The maximum Gasteiger partial charge on any atom is 0.336 e. The molecule has 6 heteroatoms. The second kappa shape index (κ2) is 4.48. The average molecular weight is 251 g/mol. The van der Waals surface area contributed by atoms with E-state index in [-0.39, 0.29) is 17.7 Å². The molecule has 0 aliphatic heterocycles. The van der Waals surface area contributed by atoms with Crippen LogP contribution in [0.4, 0.5) is 10.1 Å². The lowest BCUT2D eigenvalue weighted by atomic mass is 10.1. The molecule has 2 rings (SSSR count). The van der Waals surface area contributed by atoms with Crippen LogP contribution in [0.1, 0.15) is 5.56 Å². The van der Waals surface area contributed by atoms with Gasteiger partial charge in [-0.1, -0.05) is 0 Å². The highest BCUT2D eigenvalue weighted by atomic mass is 19.1. The zero-order chi connectivity index (χ0) is 13.3. The first-order chi connectivity index (χ1) is 8.52. The third kappa shape index (κ3) is 2.04. The van der Waals surface area contributed by atoms with Gasteiger partial charge in [-0.05, 0) is 17.7 Å². The van der Waals surface area contributed by atoms with Crippen molar-refractivity contribution in [3.05, 3.63) is 40.0 Å². The lowest BCUT2D eigenvalue weighted by molar-refractivity contribution is -0.139. The van der Waals surface area contributed by atoms with Gasteiger partial charge in [0.15, 0.2) is 11.4 Å². The van der Waals surface area contributed by atoms with Gasteiger partial charge in [0.25, 0.3) is 0 Å². The molecular formula is C12H10FNO4. The molecule has 0 bridgehead atoms. The molecule has 0 saturated heterocycles. The van der Waals surface area contributed by atoms with Gasteiger partial charge in [0.2, 0.25) is 0 Å². The summed E-state index contributed by atoms with van der Waals surface area (Å²) in [5.74, 6) is -1.34. The molecule has 1 heterocycles. The first-order valence-corrected chi connectivity index (χ1v) is 5.10. The molecule has 2 aromatic rings. The minimum absolute atomic E-state index is 0.124. The van der Waals surface area contributed by atoms with Gasteiger partial charge in [-0.15, -0.1) is 0 Å². The molecule has 0 amide bonds. The summed E-state index contributed by atoms with van der Waals surface area (Å²) in [6.07, 6.45) is -0.137. The Labute approximate surface area is 101 Å². The Morgan fingerprint density at radius 3 is 2.89 bits per heavy atom. The Balaban J connectivity index is 2.70. The fourth-order valence-electron chi connectivity index (χ4n) is 1.65. The summed E-state index contributed by atoms with van der Waals surface area (Å²) in [6.45, 7) is 0. The van der Waals surface area contributed by atoms with E-state index in [0.717, 1.165) is 6.07 Å². The molecule has 0 radical (unpaired) electrons. The minimum atomic E-state index is -0.809. The number of methoxy groups -OCH3 is 1. The van der Waals surface area contributed by atoms with E-state index in [1.165, 1.54) is 19.2 Å². The van der Waals surface area contributed by atoms with Crippen LogP contribution in [-0.4, -0.2) is 13.1 Å². The van der Waals surface area contributed by atoms with Crippen LogP contribution in [0.3, 0.4) is 0 Å². The molecule has 0 saturated carbocycles. The zero-order valence-electron chi connectivity index (χ0n) is 9.53. The predicted octanol–water partition coefficient (Wildman–Crippen LogP) is 1.23. The smallest absolute Gasteiger partial charge is 0.336 e. The molecule has 0 spiro atoms. The van der Waals surface area contributed by atoms with Crippen molar-refractivity contribution in [2.75, 3.05) is 12.8 Å². The summed E-state index contributed by atoms with van der Waals surface area (Å²) >= 11 is 0. The third-order valence-corrected chi connectivity index (χ3v) is 2.53. The third-order valence-electron chi connectivity index (χ3n) is 2.53. The number of nitrogens with two attached hydrogens (primary N) is 1. The highest BCUT2D eigenvalue weighted by Crippen LogP contribution is 2.24. The van der Waals surface area contributed by atoms with E-state index in [9.17, 15) is 14.0 Å². The van der Waals surface area contributed by atoms with Gasteiger partial charge in [-0.3, -0.25) is 4.79 Å². The SMILES string of the molecule is COC(=O)Cc1cc(=O)oc2c(F)c(N)ccc12. The van der Waals surface area contributed by atoms with Crippen molar-refractivity contribution in [1.29, 1.82) is 0 Å². The number of anilines is 1. The van der Waals surface area contributed by atoms with Crippen LogP contribution < -0.4 is 11.4 Å². The van der Waals surface area contributed by atoms with E-state index in [4.69, 9.17) is 10.2 Å². The number of ether oxygens (including phenoxy) is 1. The Kier molecular flexibility index (Phi) is 3.01. The van der Waals surface area contributed by atoms with Crippen LogP contribution in [0.15, 0.2) is 27.4 Å². The van der Waals surface area contributed by atoms with Gasteiger partial charge in [0, 0.05) is 11.5 Å². The molecule has 5 nitrogen and oxygen atoms in total. The van der Waals surface area contributed by atoms with E-state index in [0.29, 0.717) is 10.9 Å². The van der Waals surface area contributed by atoms with E-state index in [2.05, 4.69) is 4.74 Å². The first-order valence-electron chi connectivity index (χ1n) is 5.10. The Bertz CT molecular complexity index is 678. The Morgan fingerprint density at radius 1 is 1.50 bits per heavy atom. The van der Waals surface area contributed by atoms with E-state index < -0.39 is 17.4 Å². The lowest BCUT2D eigenvalue weighted by Gasteiger charge is -2.06. The van der Waals surface area contributed by atoms with Gasteiger partial charge in [-0.25, -0.2) is 9.18 Å². The number of benzene rings is 1. The lowest BCUT2D eigenvalue weighted by Crippen LogP contribution is -2.09. The van der Waals surface area contributed by atoms with Crippen LogP contribution in [0.2, 0.25) is 0 Å². The summed E-state index contributed by atoms with van der Waals surface area (Å²) in [5, 5.41) is 0.326. The molecule has 18 heavy (non-hydrogen) atoms. The molecule has 2 N–H and O–H groups in total. The summed E-state index contributed by atoms with van der Waals surface area (Å²) in [6, 6.07) is 3.97. The van der Waals surface area contributed by atoms with Gasteiger partial charge < -0.3 is 14.9 Å². The molecule has 94 valence electrons. The topological polar surface area (TPSA) is 82.5 Å². The fourth-order valence-corrected chi connectivity index (χ4v) is 1.65. The highest BCUT2D eigenvalue weighted by molar-refractivity contribution is 5.87. The first kappa shape index (κ1) is 12.1. The number of hydrogen-bond donors (Lipinski definition) is 1. The normalized spacial score (nSPS) is 10.6. The summed E-state index contributed by atoms with van der Waals surface area (Å²) in [7, 11) is 1.23. The van der Waals surface area contributed by atoms with Crippen LogP contribution in [0.5, 0.6) is 0 Å². The van der Waals surface area contributed by atoms with Gasteiger partial charge in [0.1, 0.15) is 0 Å². The van der Waals surface area contributed by atoms with Gasteiger partial charge >= 0.3 is 11.6 Å². The summed E-state index contributed by atoms with van der Waals surface area (Å²) in [4.78, 5) is 22.5. The molecule has 1 aromatic carbocycles. The average Bonchev–Trinajstić information content (AvgIpc) is 2.34. The Hall–Kier alpha value is -2.37. The maximum atomic E-state index is 13.7. The molecule has 0 unspecified atom stereocenters. The fraction of sp³-hybridized carbons (Fsp3) is 0.167. The van der Waals surface area contributed by atoms with Crippen LogP contribution in [0.25, 0.3) is 11.0 Å². The predicted molar refractivity (Wildman–Crippen MR) is 62.6 cm³/mol. The number of halogens is 1. The van der Waals surface area contributed by atoms with Crippen LogP contribution in [-0.2, 0) is 16.0 Å².